The summed E-state index contributed by atoms with van der Waals surface area (Å²) >= 11 is 0. The number of alkyl halides is 2. The Balaban J connectivity index is 1.52. The maximum atomic E-state index is 15.3. The number of hydrogen-bond donors (Lipinski definition) is 2. The normalized spacial score (nSPS) is 21.4. The molecule has 12 nitrogen and oxygen atoms in total. The molecule has 1 aliphatic carbocycles. The summed E-state index contributed by atoms with van der Waals surface area (Å²) < 4.78 is 63.0. The molecule has 0 spiro atoms. The van der Waals surface area contributed by atoms with Crippen LogP contribution in [0.1, 0.15) is 25.8 Å². The summed E-state index contributed by atoms with van der Waals surface area (Å²) in [6.07, 6.45) is -0.599. The van der Waals surface area contributed by atoms with Crippen LogP contribution in [0.2, 0.25) is 0 Å². The van der Waals surface area contributed by atoms with Crippen molar-refractivity contribution in [2.45, 2.75) is 57.0 Å². The standard InChI is InChI=1S/C30H30F3N7O5/c1-14-13-44-17-6-4-15(5-7-17)23-24-26-20(10-34-28(24)36-25(23)18-11-39(12-22(31)32)37-27(18)33)38(2)30(42)40(26)16-8-19(21(9-16)45-14)35-29(41)43-3/h4-7,10-11,14,16,19,21-22H,8-9,12-13H2,1-3H3,(H,34,36)(H,35,41)/t14-,16+,19+,21-/m1/s1. The number of fused-ring (bicyclic) bond motifs is 5. The first-order chi connectivity index (χ1) is 21.6. The molecule has 4 aromatic heterocycles. The minimum atomic E-state index is -2.73. The summed E-state index contributed by atoms with van der Waals surface area (Å²) in [6.45, 7) is 1.32. The van der Waals surface area contributed by atoms with Crippen molar-refractivity contribution in [3.8, 4) is 28.1 Å². The molecule has 4 bridgehead atoms. The number of H-pyrrole nitrogens is 1. The predicted molar refractivity (Wildman–Crippen MR) is 157 cm³/mol. The number of halogens is 3. The number of nitrogens with one attached hydrogen (secondary N) is 2. The van der Waals surface area contributed by atoms with Crippen LogP contribution in [-0.2, 0) is 23.1 Å². The predicted octanol–water partition coefficient (Wildman–Crippen LogP) is 4.38. The summed E-state index contributed by atoms with van der Waals surface area (Å²) in [5.41, 5.74) is 2.56. The van der Waals surface area contributed by atoms with E-state index in [1.54, 1.807) is 42.1 Å². The van der Waals surface area contributed by atoms with Crippen molar-refractivity contribution in [2.24, 2.45) is 7.05 Å². The first-order valence-electron chi connectivity index (χ1n) is 14.5. The highest BCUT2D eigenvalue weighted by Gasteiger charge is 2.40. The molecule has 1 aromatic carbocycles. The number of carbonyl (C=O) groups excluding carboxylic acids is 1. The lowest BCUT2D eigenvalue weighted by molar-refractivity contribution is -0.0322. The van der Waals surface area contributed by atoms with Crippen molar-refractivity contribution in [3.05, 3.63) is 53.1 Å². The number of amides is 1. The van der Waals surface area contributed by atoms with E-state index in [0.717, 1.165) is 4.68 Å². The molecule has 15 heteroatoms. The topological polar surface area (TPSA) is 130 Å². The Morgan fingerprint density at radius 2 is 2.02 bits per heavy atom. The number of rotatable bonds is 4. The highest BCUT2D eigenvalue weighted by Crippen LogP contribution is 2.44. The Morgan fingerprint density at radius 1 is 1.24 bits per heavy atom. The number of benzene rings is 1. The number of carbonyl (C=O) groups is 1. The Hall–Kier alpha value is -4.79. The Labute approximate surface area is 253 Å². The second-order valence-electron chi connectivity index (χ2n) is 11.4. The highest BCUT2D eigenvalue weighted by molar-refractivity contribution is 6.14. The number of alkyl carbamates (subject to hydrolysis) is 1. The Bertz CT molecular complexity index is 1980. The molecular weight excluding hydrogens is 595 g/mol. The highest BCUT2D eigenvalue weighted by atomic mass is 19.3. The fourth-order valence-corrected chi connectivity index (χ4v) is 6.57. The monoisotopic (exact) mass is 625 g/mol. The van der Waals surface area contributed by atoms with Gasteiger partial charge in [-0.15, -0.1) is 5.10 Å². The lowest BCUT2D eigenvalue weighted by Gasteiger charge is -2.24. The first-order valence-corrected chi connectivity index (χ1v) is 14.5. The van der Waals surface area contributed by atoms with Crippen LogP contribution in [0.5, 0.6) is 5.75 Å². The third kappa shape index (κ3) is 4.90. The zero-order valence-electron chi connectivity index (χ0n) is 24.6. The van der Waals surface area contributed by atoms with Crippen molar-refractivity contribution < 1.29 is 32.2 Å². The van der Waals surface area contributed by atoms with E-state index in [-0.39, 0.29) is 29.7 Å². The minimum absolute atomic E-state index is 0.0228. The van der Waals surface area contributed by atoms with Crippen LogP contribution in [0.25, 0.3) is 44.5 Å². The van der Waals surface area contributed by atoms with E-state index in [4.69, 9.17) is 14.2 Å². The third-order valence-electron chi connectivity index (χ3n) is 8.55. The van der Waals surface area contributed by atoms with Gasteiger partial charge >= 0.3 is 11.8 Å². The van der Waals surface area contributed by atoms with Crippen molar-refractivity contribution in [3.63, 3.8) is 0 Å². The Morgan fingerprint density at radius 3 is 2.76 bits per heavy atom. The SMILES string of the molecule is COC(=O)N[C@H]1C[C@H]2C[C@H]1O[C@H](C)COc1ccc(cc1)-c1c(-c3cn(CC(F)F)nc3F)[nH]c3ncc4c(c13)n2c(=O)n4C. The zero-order valence-corrected chi connectivity index (χ0v) is 24.6. The zero-order chi connectivity index (χ0) is 31.6. The molecular formula is C30H30F3N7O5. The summed E-state index contributed by atoms with van der Waals surface area (Å²) in [7, 11) is 2.93. The quantitative estimate of drug-likeness (QED) is 0.303. The fourth-order valence-electron chi connectivity index (χ4n) is 6.57. The van der Waals surface area contributed by atoms with E-state index in [0.29, 0.717) is 51.8 Å². The van der Waals surface area contributed by atoms with E-state index in [1.807, 2.05) is 6.92 Å². The van der Waals surface area contributed by atoms with Gasteiger partial charge in [0, 0.05) is 24.8 Å². The first kappa shape index (κ1) is 29.0. The minimum Gasteiger partial charge on any atom is -0.491 e. The van der Waals surface area contributed by atoms with Gasteiger partial charge in [0.1, 0.15) is 24.5 Å². The van der Waals surface area contributed by atoms with E-state index in [2.05, 4.69) is 20.4 Å². The van der Waals surface area contributed by atoms with Crippen molar-refractivity contribution >= 4 is 28.2 Å². The molecule has 0 saturated heterocycles. The second-order valence-corrected chi connectivity index (χ2v) is 11.4. The molecule has 1 saturated carbocycles. The number of nitrogens with zero attached hydrogens (tertiary/aromatic N) is 5. The van der Waals surface area contributed by atoms with Crippen LogP contribution >= 0.6 is 0 Å². The molecule has 8 rings (SSSR count). The van der Waals surface area contributed by atoms with Crippen molar-refractivity contribution in [1.29, 1.82) is 0 Å². The average Bonchev–Trinajstić information content (AvgIpc) is 3.74. The molecule has 236 valence electrons. The van der Waals surface area contributed by atoms with E-state index in [1.165, 1.54) is 17.9 Å². The van der Waals surface area contributed by atoms with Crippen LogP contribution in [0.4, 0.5) is 18.0 Å². The lowest BCUT2D eigenvalue weighted by Crippen LogP contribution is -2.42. The van der Waals surface area contributed by atoms with Gasteiger partial charge in [-0.25, -0.2) is 23.4 Å². The molecule has 2 N–H and O–H groups in total. The van der Waals surface area contributed by atoms with Gasteiger partial charge in [-0.05, 0) is 37.5 Å². The molecule has 4 atom stereocenters. The van der Waals surface area contributed by atoms with Gasteiger partial charge < -0.3 is 24.5 Å². The molecule has 5 aromatic rings. The molecule has 1 fully saturated rings. The van der Waals surface area contributed by atoms with Gasteiger partial charge in [0.2, 0.25) is 5.95 Å². The Kier molecular flexibility index (Phi) is 7.06. The lowest BCUT2D eigenvalue weighted by atomic mass is 9.99. The summed E-state index contributed by atoms with van der Waals surface area (Å²) in [4.78, 5) is 34.0. The largest absolute Gasteiger partial charge is 0.491 e. The number of aromatic amines is 1. The molecule has 6 heterocycles. The summed E-state index contributed by atoms with van der Waals surface area (Å²) in [6, 6.07) is 6.27. The van der Waals surface area contributed by atoms with Crippen LogP contribution in [-0.4, -0.2) is 73.4 Å². The number of pyridine rings is 1. The molecule has 0 unspecified atom stereocenters. The van der Waals surface area contributed by atoms with Crippen LogP contribution < -0.4 is 15.7 Å². The van der Waals surface area contributed by atoms with E-state index in [9.17, 15) is 18.4 Å². The molecule has 2 aliphatic heterocycles. The number of ether oxygens (including phenoxy) is 3. The third-order valence-corrected chi connectivity index (χ3v) is 8.55. The van der Waals surface area contributed by atoms with Gasteiger partial charge in [0.05, 0.1) is 59.2 Å². The van der Waals surface area contributed by atoms with Gasteiger partial charge in [0.25, 0.3) is 6.43 Å². The van der Waals surface area contributed by atoms with Crippen LogP contribution in [0.3, 0.4) is 0 Å². The van der Waals surface area contributed by atoms with Crippen molar-refractivity contribution in [1.82, 2.24) is 34.2 Å². The van der Waals surface area contributed by atoms with Gasteiger partial charge in [-0.1, -0.05) is 12.1 Å². The maximum Gasteiger partial charge on any atom is 0.407 e. The van der Waals surface area contributed by atoms with E-state index < -0.39 is 43.2 Å². The smallest absolute Gasteiger partial charge is 0.407 e. The van der Waals surface area contributed by atoms with Gasteiger partial charge in [-0.3, -0.25) is 13.8 Å². The number of hydrogen-bond acceptors (Lipinski definition) is 7. The number of methoxy groups -OCH3 is 1. The second kappa shape index (κ2) is 11.0. The summed E-state index contributed by atoms with van der Waals surface area (Å²) in [5.74, 6) is -0.368. The van der Waals surface area contributed by atoms with Gasteiger partial charge in [0.15, 0.2) is 0 Å². The fraction of sp³-hybridized carbons (Fsp3) is 0.400. The maximum absolute atomic E-state index is 15.3. The average molecular weight is 626 g/mol. The number of aromatic nitrogens is 6. The van der Waals surface area contributed by atoms with Crippen LogP contribution in [0, 0.1) is 5.95 Å². The molecule has 1 amide bonds. The van der Waals surface area contributed by atoms with Gasteiger partial charge in [-0.2, -0.15) is 4.39 Å². The summed E-state index contributed by atoms with van der Waals surface area (Å²) in [5, 5.41) is 7.08. The molecule has 45 heavy (non-hydrogen) atoms. The number of imidazole rings is 1. The molecule has 0 radical (unpaired) electrons. The number of aryl methyl sites for hydroxylation is 1. The molecule has 3 aliphatic rings. The van der Waals surface area contributed by atoms with Crippen molar-refractivity contribution in [2.75, 3.05) is 13.7 Å². The van der Waals surface area contributed by atoms with E-state index >= 15 is 4.39 Å². The van der Waals surface area contributed by atoms with Crippen LogP contribution in [0.15, 0.2) is 41.5 Å².